The number of benzene rings is 1. The maximum Gasteiger partial charge on any atom is 0.191 e. The number of ether oxygens (including phenoxy) is 2. The Kier molecular flexibility index (Phi) is 10.1. The van der Waals surface area contributed by atoms with Crippen LogP contribution in [-0.4, -0.2) is 45.9 Å². The lowest BCUT2D eigenvalue weighted by Crippen LogP contribution is -2.41. The lowest BCUT2D eigenvalue weighted by atomic mass is 9.98. The topological polar surface area (TPSA) is 54.9 Å². The van der Waals surface area contributed by atoms with Crippen molar-refractivity contribution in [2.45, 2.75) is 38.2 Å². The van der Waals surface area contributed by atoms with Crippen LogP contribution in [0.1, 0.15) is 37.7 Å². The zero-order valence-corrected chi connectivity index (χ0v) is 17.2. The Labute approximate surface area is 162 Å². The van der Waals surface area contributed by atoms with Crippen molar-refractivity contribution in [2.75, 3.05) is 33.9 Å². The molecule has 1 aromatic rings. The van der Waals surface area contributed by atoms with Gasteiger partial charge in [0.1, 0.15) is 5.75 Å². The summed E-state index contributed by atoms with van der Waals surface area (Å²) in [6, 6.07) is 8.30. The van der Waals surface area contributed by atoms with Gasteiger partial charge in [0.2, 0.25) is 0 Å². The van der Waals surface area contributed by atoms with Crippen molar-refractivity contribution in [1.29, 1.82) is 0 Å². The van der Waals surface area contributed by atoms with Gasteiger partial charge in [0.05, 0.1) is 13.2 Å². The predicted molar refractivity (Wildman–Crippen MR) is 110 cm³/mol. The number of guanidine groups is 1. The lowest BCUT2D eigenvalue weighted by Gasteiger charge is -2.17. The fourth-order valence-electron chi connectivity index (χ4n) is 2.74. The van der Waals surface area contributed by atoms with Crippen LogP contribution in [0.25, 0.3) is 0 Å². The quantitative estimate of drug-likeness (QED) is 0.383. The SMILES string of the molecule is CN=C(NCCC(C)c1ccc(OC)cc1)NCC1CCCO1.I. The molecule has 0 bridgehead atoms. The molecule has 2 atom stereocenters. The molecule has 1 fully saturated rings. The second kappa shape index (κ2) is 11.5. The summed E-state index contributed by atoms with van der Waals surface area (Å²) in [7, 11) is 3.50. The molecule has 2 unspecified atom stereocenters. The minimum Gasteiger partial charge on any atom is -0.497 e. The van der Waals surface area contributed by atoms with E-state index in [-0.39, 0.29) is 24.0 Å². The van der Waals surface area contributed by atoms with E-state index in [4.69, 9.17) is 9.47 Å². The van der Waals surface area contributed by atoms with Gasteiger partial charge in [-0.3, -0.25) is 4.99 Å². The molecule has 5 nitrogen and oxygen atoms in total. The number of methoxy groups -OCH3 is 1. The van der Waals surface area contributed by atoms with Crippen LogP contribution in [-0.2, 0) is 4.74 Å². The Hall–Kier alpha value is -1.02. The molecule has 1 aromatic carbocycles. The highest BCUT2D eigenvalue weighted by atomic mass is 127. The minimum absolute atomic E-state index is 0. The molecule has 0 spiro atoms. The van der Waals surface area contributed by atoms with Crippen LogP contribution in [0.5, 0.6) is 5.75 Å². The van der Waals surface area contributed by atoms with Crippen LogP contribution in [0, 0.1) is 0 Å². The van der Waals surface area contributed by atoms with Crippen LogP contribution >= 0.6 is 24.0 Å². The first-order chi connectivity index (χ1) is 11.2. The Morgan fingerprint density at radius 3 is 2.67 bits per heavy atom. The molecule has 1 heterocycles. The van der Waals surface area contributed by atoms with Crippen LogP contribution in [0.2, 0.25) is 0 Å². The van der Waals surface area contributed by atoms with Crippen molar-refractivity contribution in [2.24, 2.45) is 4.99 Å². The zero-order chi connectivity index (χ0) is 16.5. The Morgan fingerprint density at radius 2 is 2.08 bits per heavy atom. The van der Waals surface area contributed by atoms with Gasteiger partial charge in [-0.25, -0.2) is 0 Å². The molecule has 6 heteroatoms. The van der Waals surface area contributed by atoms with Gasteiger partial charge in [0.25, 0.3) is 0 Å². The first-order valence-electron chi connectivity index (χ1n) is 8.43. The Balaban J connectivity index is 0.00000288. The highest BCUT2D eigenvalue weighted by Crippen LogP contribution is 2.21. The van der Waals surface area contributed by atoms with E-state index in [2.05, 4.69) is 34.7 Å². The van der Waals surface area contributed by atoms with Gasteiger partial charge in [-0.15, -0.1) is 24.0 Å². The fourth-order valence-corrected chi connectivity index (χ4v) is 2.74. The summed E-state index contributed by atoms with van der Waals surface area (Å²) >= 11 is 0. The van der Waals surface area contributed by atoms with Crippen molar-refractivity contribution in [3.05, 3.63) is 29.8 Å². The summed E-state index contributed by atoms with van der Waals surface area (Å²) in [6.07, 6.45) is 3.68. The molecule has 136 valence electrons. The summed E-state index contributed by atoms with van der Waals surface area (Å²) in [4.78, 5) is 4.26. The second-order valence-electron chi connectivity index (χ2n) is 5.98. The zero-order valence-electron chi connectivity index (χ0n) is 14.9. The molecule has 0 aliphatic carbocycles. The van der Waals surface area contributed by atoms with E-state index < -0.39 is 0 Å². The van der Waals surface area contributed by atoms with E-state index in [9.17, 15) is 0 Å². The van der Waals surface area contributed by atoms with E-state index in [1.165, 1.54) is 5.56 Å². The molecule has 0 radical (unpaired) electrons. The van der Waals surface area contributed by atoms with Crippen LogP contribution in [0.3, 0.4) is 0 Å². The summed E-state index contributed by atoms with van der Waals surface area (Å²) < 4.78 is 10.8. The third kappa shape index (κ3) is 6.84. The number of aliphatic imine (C=N–C) groups is 1. The van der Waals surface area contributed by atoms with Gasteiger partial charge in [0.15, 0.2) is 5.96 Å². The maximum atomic E-state index is 5.61. The number of rotatable bonds is 7. The van der Waals surface area contributed by atoms with Crippen molar-refractivity contribution in [3.8, 4) is 5.75 Å². The average Bonchev–Trinajstić information content (AvgIpc) is 3.11. The number of nitrogens with zero attached hydrogens (tertiary/aromatic N) is 1. The van der Waals surface area contributed by atoms with E-state index in [0.29, 0.717) is 12.0 Å². The van der Waals surface area contributed by atoms with Crippen molar-refractivity contribution in [1.82, 2.24) is 10.6 Å². The van der Waals surface area contributed by atoms with Crippen LogP contribution < -0.4 is 15.4 Å². The first kappa shape index (κ1) is 21.0. The van der Waals surface area contributed by atoms with Crippen molar-refractivity contribution < 1.29 is 9.47 Å². The van der Waals surface area contributed by atoms with Gasteiger partial charge in [0, 0.05) is 26.7 Å². The third-order valence-electron chi connectivity index (χ3n) is 4.30. The molecule has 0 saturated carbocycles. The molecule has 2 N–H and O–H groups in total. The van der Waals surface area contributed by atoms with Gasteiger partial charge >= 0.3 is 0 Å². The first-order valence-corrected chi connectivity index (χ1v) is 8.43. The molecule has 2 rings (SSSR count). The van der Waals surface area contributed by atoms with E-state index >= 15 is 0 Å². The molecule has 0 amide bonds. The molecule has 0 aromatic heterocycles. The monoisotopic (exact) mass is 447 g/mol. The highest BCUT2D eigenvalue weighted by molar-refractivity contribution is 14.0. The maximum absolute atomic E-state index is 5.61. The van der Waals surface area contributed by atoms with Gasteiger partial charge < -0.3 is 20.1 Å². The average molecular weight is 447 g/mol. The Bertz CT molecular complexity index is 488. The van der Waals surface area contributed by atoms with Gasteiger partial charge in [-0.2, -0.15) is 0 Å². The lowest BCUT2D eigenvalue weighted by molar-refractivity contribution is 0.114. The highest BCUT2D eigenvalue weighted by Gasteiger charge is 2.15. The molecule has 1 aliphatic rings. The van der Waals surface area contributed by atoms with E-state index in [1.807, 2.05) is 12.1 Å². The van der Waals surface area contributed by atoms with Gasteiger partial charge in [-0.1, -0.05) is 19.1 Å². The third-order valence-corrected chi connectivity index (χ3v) is 4.30. The number of halogens is 1. The smallest absolute Gasteiger partial charge is 0.191 e. The van der Waals surface area contributed by atoms with Crippen LogP contribution in [0.4, 0.5) is 0 Å². The van der Waals surface area contributed by atoms with E-state index in [0.717, 1.165) is 50.7 Å². The molecule has 1 aliphatic heterocycles. The standard InChI is InChI=1S/C18H29N3O2.HI/c1-14(15-6-8-16(22-3)9-7-15)10-11-20-18(19-2)21-13-17-5-4-12-23-17;/h6-9,14,17H,4-5,10-13H2,1-3H3,(H2,19,20,21);1H. The number of hydrogen-bond acceptors (Lipinski definition) is 3. The van der Waals surface area contributed by atoms with Gasteiger partial charge in [-0.05, 0) is 42.9 Å². The summed E-state index contributed by atoms with van der Waals surface area (Å²) in [6.45, 7) is 4.84. The van der Waals surface area contributed by atoms with Crippen molar-refractivity contribution >= 4 is 29.9 Å². The fraction of sp³-hybridized carbons (Fsp3) is 0.611. The van der Waals surface area contributed by atoms with Crippen molar-refractivity contribution in [3.63, 3.8) is 0 Å². The van der Waals surface area contributed by atoms with E-state index in [1.54, 1.807) is 14.2 Å². The number of nitrogens with one attached hydrogen (secondary N) is 2. The predicted octanol–water partition coefficient (Wildman–Crippen LogP) is 3.15. The molecule has 1 saturated heterocycles. The normalized spacial score (nSPS) is 18.6. The number of hydrogen-bond donors (Lipinski definition) is 2. The second-order valence-corrected chi connectivity index (χ2v) is 5.98. The minimum atomic E-state index is 0. The summed E-state index contributed by atoms with van der Waals surface area (Å²) in [5.74, 6) is 2.24. The summed E-state index contributed by atoms with van der Waals surface area (Å²) in [5, 5.41) is 6.71. The largest absolute Gasteiger partial charge is 0.497 e. The molecular weight excluding hydrogens is 417 g/mol. The summed E-state index contributed by atoms with van der Waals surface area (Å²) in [5.41, 5.74) is 1.33. The molecule has 24 heavy (non-hydrogen) atoms. The Morgan fingerprint density at radius 1 is 1.33 bits per heavy atom. The van der Waals surface area contributed by atoms with Crippen LogP contribution in [0.15, 0.2) is 29.3 Å². The molecular formula is C18H30IN3O2.